The molecule has 31 heavy (non-hydrogen) atoms. The first-order valence-electron chi connectivity index (χ1n) is 9.85. The standard InChI is InChI=1S/C16H20N2O4S2.C5H10O2/c1-24(20,21)14-4-2-13(3-5-14)22-10-12-11-23-15(18-12)16(19)6-8-17-9-7-16;1-5(2,3)7-4-6/h2-5,11,17,19H,6-10H2,1H3;4H,1-3H3. The fourth-order valence-corrected chi connectivity index (χ4v) is 4.32. The number of piperidine rings is 1. The number of carbonyl (C=O) groups excluding carboxylic acids is 1. The summed E-state index contributed by atoms with van der Waals surface area (Å²) in [6, 6.07) is 6.30. The van der Waals surface area contributed by atoms with Gasteiger partial charge in [0, 0.05) is 11.6 Å². The second-order valence-corrected chi connectivity index (χ2v) is 11.2. The molecule has 0 radical (unpaired) electrons. The topological polar surface area (TPSA) is 115 Å². The van der Waals surface area contributed by atoms with Gasteiger partial charge >= 0.3 is 0 Å². The van der Waals surface area contributed by atoms with E-state index in [9.17, 15) is 18.3 Å². The number of rotatable bonds is 6. The molecule has 1 aromatic carbocycles. The number of aliphatic hydroxyl groups is 1. The van der Waals surface area contributed by atoms with Gasteiger partial charge < -0.3 is 19.9 Å². The first kappa shape index (κ1) is 25.3. The van der Waals surface area contributed by atoms with Crippen molar-refractivity contribution in [2.45, 2.75) is 56.3 Å². The zero-order valence-electron chi connectivity index (χ0n) is 18.3. The van der Waals surface area contributed by atoms with Gasteiger partial charge in [-0.25, -0.2) is 13.4 Å². The van der Waals surface area contributed by atoms with Crippen LogP contribution in [-0.4, -0.2) is 49.9 Å². The van der Waals surface area contributed by atoms with Crippen molar-refractivity contribution in [2.24, 2.45) is 0 Å². The van der Waals surface area contributed by atoms with Gasteiger partial charge in [0.25, 0.3) is 6.47 Å². The summed E-state index contributed by atoms with van der Waals surface area (Å²) in [7, 11) is -3.20. The number of hydrogen-bond acceptors (Lipinski definition) is 9. The van der Waals surface area contributed by atoms with E-state index < -0.39 is 15.4 Å². The zero-order chi connectivity index (χ0) is 23.1. The predicted molar refractivity (Wildman–Crippen MR) is 119 cm³/mol. The summed E-state index contributed by atoms with van der Waals surface area (Å²) in [5.74, 6) is 0.581. The monoisotopic (exact) mass is 470 g/mol. The molecule has 8 nitrogen and oxygen atoms in total. The van der Waals surface area contributed by atoms with E-state index in [1.165, 1.54) is 29.7 Å². The summed E-state index contributed by atoms with van der Waals surface area (Å²) in [4.78, 5) is 14.4. The van der Waals surface area contributed by atoms with Gasteiger partial charge in [-0.2, -0.15) is 0 Å². The summed E-state index contributed by atoms with van der Waals surface area (Å²) in [5.41, 5.74) is -0.401. The normalized spacial score (nSPS) is 16.0. The number of aromatic nitrogens is 1. The summed E-state index contributed by atoms with van der Waals surface area (Å²) in [6.07, 6.45) is 2.49. The fraction of sp³-hybridized carbons (Fsp3) is 0.524. The lowest BCUT2D eigenvalue weighted by Gasteiger charge is -2.30. The highest BCUT2D eigenvalue weighted by Crippen LogP contribution is 2.32. The van der Waals surface area contributed by atoms with Crippen LogP contribution in [0.25, 0.3) is 0 Å². The number of ether oxygens (including phenoxy) is 2. The number of sulfone groups is 1. The number of benzene rings is 1. The molecule has 10 heteroatoms. The SMILES string of the molecule is CC(C)(C)OC=O.CS(=O)(=O)c1ccc(OCc2csc(C3(O)CCNCC3)n2)cc1. The molecule has 0 amide bonds. The highest BCUT2D eigenvalue weighted by molar-refractivity contribution is 7.90. The van der Waals surface area contributed by atoms with E-state index in [1.54, 1.807) is 12.1 Å². The zero-order valence-corrected chi connectivity index (χ0v) is 19.9. The molecule has 1 aliphatic heterocycles. The molecule has 0 bridgehead atoms. The molecule has 2 heterocycles. The van der Waals surface area contributed by atoms with Gasteiger partial charge in [-0.15, -0.1) is 11.3 Å². The molecule has 1 saturated heterocycles. The van der Waals surface area contributed by atoms with Gasteiger partial charge in [0.2, 0.25) is 0 Å². The largest absolute Gasteiger partial charge is 0.487 e. The van der Waals surface area contributed by atoms with E-state index in [1.807, 2.05) is 26.2 Å². The van der Waals surface area contributed by atoms with E-state index in [0.29, 0.717) is 25.1 Å². The quantitative estimate of drug-likeness (QED) is 0.619. The minimum Gasteiger partial charge on any atom is -0.487 e. The van der Waals surface area contributed by atoms with Crippen LogP contribution in [0.15, 0.2) is 34.5 Å². The summed E-state index contributed by atoms with van der Waals surface area (Å²) in [6.45, 7) is 7.77. The highest BCUT2D eigenvalue weighted by Gasteiger charge is 2.34. The number of carbonyl (C=O) groups is 1. The maximum Gasteiger partial charge on any atom is 0.293 e. The second-order valence-electron chi connectivity index (χ2n) is 8.28. The highest BCUT2D eigenvalue weighted by atomic mass is 32.2. The minimum absolute atomic E-state index is 0.263. The van der Waals surface area contributed by atoms with Crippen LogP contribution in [0.4, 0.5) is 0 Å². The summed E-state index contributed by atoms with van der Waals surface area (Å²) >= 11 is 1.45. The van der Waals surface area contributed by atoms with Crippen molar-refractivity contribution < 1.29 is 27.8 Å². The third-order valence-electron chi connectivity index (χ3n) is 4.42. The lowest BCUT2D eigenvalue weighted by atomic mass is 9.93. The smallest absolute Gasteiger partial charge is 0.293 e. The third-order valence-corrected chi connectivity index (χ3v) is 6.63. The average Bonchev–Trinajstić information content (AvgIpc) is 3.16. The van der Waals surface area contributed by atoms with Gasteiger partial charge in [0.15, 0.2) is 9.84 Å². The van der Waals surface area contributed by atoms with Crippen molar-refractivity contribution in [1.82, 2.24) is 10.3 Å². The van der Waals surface area contributed by atoms with Crippen LogP contribution in [0.5, 0.6) is 5.75 Å². The Morgan fingerprint density at radius 2 is 1.84 bits per heavy atom. The molecule has 1 aliphatic rings. The van der Waals surface area contributed by atoms with Gasteiger partial charge in [-0.3, -0.25) is 4.79 Å². The molecule has 0 unspecified atom stereocenters. The second kappa shape index (κ2) is 10.5. The predicted octanol–water partition coefficient (Wildman–Crippen LogP) is 2.65. The first-order valence-corrected chi connectivity index (χ1v) is 12.6. The van der Waals surface area contributed by atoms with Crippen molar-refractivity contribution in [3.05, 3.63) is 40.3 Å². The summed E-state index contributed by atoms with van der Waals surface area (Å²) < 4.78 is 33.1. The molecular weight excluding hydrogens is 440 g/mol. The van der Waals surface area contributed by atoms with E-state index in [0.717, 1.165) is 23.8 Å². The third kappa shape index (κ3) is 8.21. The molecule has 2 N–H and O–H groups in total. The van der Waals surface area contributed by atoms with Crippen LogP contribution >= 0.6 is 11.3 Å². The Bertz CT molecular complexity index is 943. The summed E-state index contributed by atoms with van der Waals surface area (Å²) in [5, 5.41) is 16.5. The molecule has 3 rings (SSSR count). The average molecular weight is 471 g/mol. The minimum atomic E-state index is -3.20. The molecule has 1 aromatic heterocycles. The van der Waals surface area contributed by atoms with Crippen LogP contribution in [-0.2, 0) is 31.6 Å². The van der Waals surface area contributed by atoms with E-state index in [4.69, 9.17) is 4.74 Å². The molecular formula is C21H30N2O6S2. The van der Waals surface area contributed by atoms with Gasteiger partial charge in [0.1, 0.15) is 28.6 Å². The Labute approximate surface area is 187 Å². The lowest BCUT2D eigenvalue weighted by molar-refractivity contribution is -0.138. The number of nitrogens with zero attached hydrogens (tertiary/aromatic N) is 1. The molecule has 0 spiro atoms. The van der Waals surface area contributed by atoms with Gasteiger partial charge in [0.05, 0.1) is 10.6 Å². The van der Waals surface area contributed by atoms with Crippen LogP contribution < -0.4 is 10.1 Å². The maximum absolute atomic E-state index is 11.4. The van der Waals surface area contributed by atoms with Crippen molar-refractivity contribution in [1.29, 1.82) is 0 Å². The molecule has 0 saturated carbocycles. The van der Waals surface area contributed by atoms with E-state index in [2.05, 4.69) is 15.0 Å². The maximum atomic E-state index is 11.4. The number of hydrogen-bond donors (Lipinski definition) is 2. The Morgan fingerprint density at radius 1 is 1.23 bits per heavy atom. The van der Waals surface area contributed by atoms with Crippen molar-refractivity contribution in [3.63, 3.8) is 0 Å². The molecule has 1 fully saturated rings. The Morgan fingerprint density at radius 3 is 2.32 bits per heavy atom. The molecule has 0 aliphatic carbocycles. The van der Waals surface area contributed by atoms with Crippen LogP contribution in [0.2, 0.25) is 0 Å². The molecule has 2 aromatic rings. The van der Waals surface area contributed by atoms with Crippen molar-refractivity contribution in [3.8, 4) is 5.75 Å². The van der Waals surface area contributed by atoms with Crippen molar-refractivity contribution in [2.75, 3.05) is 19.3 Å². The first-order chi connectivity index (χ1) is 14.4. The van der Waals surface area contributed by atoms with Gasteiger partial charge in [-0.05, 0) is 71.0 Å². The Kier molecular flexibility index (Phi) is 8.58. The van der Waals surface area contributed by atoms with Crippen LogP contribution in [0.3, 0.4) is 0 Å². The fourth-order valence-electron chi connectivity index (χ4n) is 2.73. The lowest BCUT2D eigenvalue weighted by Crippen LogP contribution is -2.39. The van der Waals surface area contributed by atoms with Crippen molar-refractivity contribution >= 4 is 27.6 Å². The van der Waals surface area contributed by atoms with E-state index >= 15 is 0 Å². The number of nitrogens with one attached hydrogen (secondary N) is 1. The Balaban J connectivity index is 0.000000423. The van der Waals surface area contributed by atoms with E-state index in [-0.39, 0.29) is 17.1 Å². The van der Waals surface area contributed by atoms with Crippen LogP contribution in [0, 0.1) is 0 Å². The molecule has 0 atom stereocenters. The van der Waals surface area contributed by atoms with Crippen LogP contribution in [0.1, 0.15) is 44.3 Å². The molecule has 172 valence electrons. The number of thiazole rings is 1. The Hall–Kier alpha value is -2.01. The van der Waals surface area contributed by atoms with Gasteiger partial charge in [-0.1, -0.05) is 0 Å².